The van der Waals surface area contributed by atoms with Crippen LogP contribution in [-0.2, 0) is 0 Å². The van der Waals surface area contributed by atoms with Gasteiger partial charge < -0.3 is 4.98 Å². The van der Waals surface area contributed by atoms with Crippen molar-refractivity contribution in [3.8, 4) is 0 Å². The summed E-state index contributed by atoms with van der Waals surface area (Å²) in [6, 6.07) is 10.3. The third-order valence-electron chi connectivity index (χ3n) is 2.69. The summed E-state index contributed by atoms with van der Waals surface area (Å²) in [5, 5.41) is 3.62. The summed E-state index contributed by atoms with van der Waals surface area (Å²) in [6.07, 6.45) is 1.49. The molecule has 0 fully saturated rings. The van der Waals surface area contributed by atoms with Crippen molar-refractivity contribution >= 4 is 34.3 Å². The van der Waals surface area contributed by atoms with E-state index in [9.17, 15) is 0 Å². The molecular formula is C13H10ClN3S. The Bertz CT molecular complexity index is 675. The molecule has 1 N–H and O–H groups in total. The second-order valence-electron chi connectivity index (χ2n) is 3.92. The average molecular weight is 276 g/mol. The van der Waals surface area contributed by atoms with Gasteiger partial charge >= 0.3 is 0 Å². The van der Waals surface area contributed by atoms with Crippen LogP contribution in [-0.4, -0.2) is 15.0 Å². The summed E-state index contributed by atoms with van der Waals surface area (Å²) in [6.45, 7) is 1.92. The van der Waals surface area contributed by atoms with Gasteiger partial charge in [0.05, 0.1) is 5.03 Å². The second-order valence-corrected chi connectivity index (χ2v) is 5.31. The lowest BCUT2D eigenvalue weighted by Crippen LogP contribution is -1.89. The highest BCUT2D eigenvalue weighted by Crippen LogP contribution is 2.31. The summed E-state index contributed by atoms with van der Waals surface area (Å²) in [4.78, 5) is 11.6. The Morgan fingerprint density at radius 3 is 2.89 bits per heavy atom. The van der Waals surface area contributed by atoms with Crippen molar-refractivity contribution in [1.29, 1.82) is 0 Å². The molecule has 2 aromatic heterocycles. The molecule has 0 aliphatic carbocycles. The van der Waals surface area contributed by atoms with E-state index in [1.54, 1.807) is 11.8 Å². The highest BCUT2D eigenvalue weighted by atomic mass is 35.5. The van der Waals surface area contributed by atoms with Crippen molar-refractivity contribution in [2.24, 2.45) is 0 Å². The third-order valence-corrected chi connectivity index (χ3v) is 4.11. The Morgan fingerprint density at radius 1 is 1.22 bits per heavy atom. The predicted octanol–water partition coefficient (Wildman–Crippen LogP) is 4.07. The van der Waals surface area contributed by atoms with Crippen molar-refractivity contribution in [2.45, 2.75) is 17.0 Å². The molecule has 18 heavy (non-hydrogen) atoms. The normalized spacial score (nSPS) is 11.0. The molecule has 0 saturated heterocycles. The van der Waals surface area contributed by atoms with Gasteiger partial charge in [-0.05, 0) is 19.1 Å². The van der Waals surface area contributed by atoms with Gasteiger partial charge in [-0.15, -0.1) is 0 Å². The lowest BCUT2D eigenvalue weighted by Gasteiger charge is -2.02. The Kier molecular flexibility index (Phi) is 2.97. The number of aromatic nitrogens is 3. The number of H-pyrrole nitrogens is 1. The summed E-state index contributed by atoms with van der Waals surface area (Å²) >= 11 is 7.55. The minimum absolute atomic E-state index is 0.503. The fourth-order valence-corrected chi connectivity index (χ4v) is 2.82. The van der Waals surface area contributed by atoms with Gasteiger partial charge in [0.25, 0.3) is 0 Å². The van der Waals surface area contributed by atoms with Crippen LogP contribution in [0.3, 0.4) is 0 Å². The smallest absolute Gasteiger partial charge is 0.136 e. The molecule has 5 heteroatoms. The largest absolute Gasteiger partial charge is 0.349 e. The number of fused-ring (bicyclic) bond motifs is 1. The molecule has 0 spiro atoms. The van der Waals surface area contributed by atoms with Gasteiger partial charge in [-0.2, -0.15) is 0 Å². The van der Waals surface area contributed by atoms with E-state index in [2.05, 4.69) is 33.2 Å². The molecule has 0 atom stereocenters. The summed E-state index contributed by atoms with van der Waals surface area (Å²) in [5.74, 6) is 0. The van der Waals surface area contributed by atoms with Crippen molar-refractivity contribution < 1.29 is 0 Å². The van der Waals surface area contributed by atoms with Crippen LogP contribution in [0.4, 0.5) is 0 Å². The van der Waals surface area contributed by atoms with Crippen molar-refractivity contribution in [3.63, 3.8) is 0 Å². The molecule has 0 aliphatic heterocycles. The van der Waals surface area contributed by atoms with Crippen LogP contribution in [0, 0.1) is 6.92 Å². The first kappa shape index (κ1) is 11.6. The number of hydrogen-bond acceptors (Lipinski definition) is 3. The van der Waals surface area contributed by atoms with Gasteiger partial charge in [0.1, 0.15) is 16.5 Å². The molecule has 0 radical (unpaired) electrons. The Hall–Kier alpha value is -1.52. The Labute approximate surface area is 114 Å². The summed E-state index contributed by atoms with van der Waals surface area (Å²) in [5.41, 5.74) is 2.03. The molecule has 0 aliphatic rings. The first-order chi connectivity index (χ1) is 8.74. The Morgan fingerprint density at radius 2 is 2.06 bits per heavy atom. The number of nitrogens with zero attached hydrogens (tertiary/aromatic N) is 2. The van der Waals surface area contributed by atoms with Crippen LogP contribution in [0.25, 0.3) is 10.9 Å². The zero-order valence-corrected chi connectivity index (χ0v) is 11.2. The lowest BCUT2D eigenvalue weighted by molar-refractivity contribution is 1.00. The van der Waals surface area contributed by atoms with Crippen molar-refractivity contribution in [2.75, 3.05) is 0 Å². The topological polar surface area (TPSA) is 41.6 Å². The molecule has 90 valence electrons. The number of nitrogens with one attached hydrogen (secondary N) is 1. The zero-order chi connectivity index (χ0) is 12.5. The van der Waals surface area contributed by atoms with Crippen LogP contribution in [0.5, 0.6) is 0 Å². The van der Waals surface area contributed by atoms with E-state index >= 15 is 0 Å². The van der Waals surface area contributed by atoms with Gasteiger partial charge in [0.15, 0.2) is 0 Å². The number of hydrogen-bond donors (Lipinski definition) is 1. The zero-order valence-electron chi connectivity index (χ0n) is 9.64. The maximum Gasteiger partial charge on any atom is 0.136 e. The molecule has 1 aromatic carbocycles. The molecule has 0 amide bonds. The van der Waals surface area contributed by atoms with Gasteiger partial charge in [0, 0.05) is 16.5 Å². The minimum atomic E-state index is 0.503. The van der Waals surface area contributed by atoms with Gasteiger partial charge in [0.2, 0.25) is 0 Å². The van der Waals surface area contributed by atoms with Crippen LogP contribution >= 0.6 is 23.4 Å². The van der Waals surface area contributed by atoms with Crippen molar-refractivity contribution in [1.82, 2.24) is 15.0 Å². The van der Waals surface area contributed by atoms with E-state index in [1.807, 2.05) is 19.1 Å². The number of halogens is 1. The van der Waals surface area contributed by atoms with E-state index in [4.69, 9.17) is 11.6 Å². The van der Waals surface area contributed by atoms with Crippen LogP contribution in [0.2, 0.25) is 5.15 Å². The second kappa shape index (κ2) is 4.63. The molecular weight excluding hydrogens is 266 g/mol. The number of benzene rings is 1. The number of aromatic amines is 1. The lowest BCUT2D eigenvalue weighted by atomic mass is 10.3. The third kappa shape index (κ3) is 2.09. The van der Waals surface area contributed by atoms with E-state index in [-0.39, 0.29) is 0 Å². The van der Waals surface area contributed by atoms with E-state index in [0.717, 1.165) is 21.1 Å². The van der Waals surface area contributed by atoms with Gasteiger partial charge in [-0.25, -0.2) is 9.97 Å². The molecule has 3 rings (SSSR count). The molecule has 0 saturated carbocycles. The summed E-state index contributed by atoms with van der Waals surface area (Å²) < 4.78 is 0. The monoisotopic (exact) mass is 275 g/mol. The van der Waals surface area contributed by atoms with Crippen LogP contribution in [0.1, 0.15) is 5.56 Å². The molecule has 0 bridgehead atoms. The average Bonchev–Trinajstić information content (AvgIpc) is 2.77. The standard InChI is InChI=1S/C13H10ClN3S/c1-8-12(14)15-7-16-13(8)18-11-6-9-4-2-3-5-10(9)17-11/h2-7,17H,1H3. The van der Waals surface area contributed by atoms with E-state index < -0.39 is 0 Å². The fourth-order valence-electron chi connectivity index (χ4n) is 1.72. The van der Waals surface area contributed by atoms with E-state index in [0.29, 0.717) is 5.15 Å². The first-order valence-corrected chi connectivity index (χ1v) is 6.66. The van der Waals surface area contributed by atoms with Gasteiger partial charge in [-0.1, -0.05) is 41.6 Å². The highest BCUT2D eigenvalue weighted by molar-refractivity contribution is 7.99. The maximum absolute atomic E-state index is 5.98. The van der Waals surface area contributed by atoms with Crippen LogP contribution < -0.4 is 0 Å². The minimum Gasteiger partial charge on any atom is -0.349 e. The van der Waals surface area contributed by atoms with Gasteiger partial charge in [-0.3, -0.25) is 0 Å². The molecule has 2 heterocycles. The van der Waals surface area contributed by atoms with E-state index in [1.165, 1.54) is 11.7 Å². The molecule has 0 unspecified atom stereocenters. The molecule has 3 aromatic rings. The Balaban J connectivity index is 1.99. The maximum atomic E-state index is 5.98. The fraction of sp³-hybridized carbons (Fsp3) is 0.0769. The first-order valence-electron chi connectivity index (χ1n) is 5.47. The number of rotatable bonds is 2. The quantitative estimate of drug-likeness (QED) is 0.717. The number of para-hydroxylation sites is 1. The highest BCUT2D eigenvalue weighted by Gasteiger charge is 2.08. The summed E-state index contributed by atoms with van der Waals surface area (Å²) in [7, 11) is 0. The predicted molar refractivity (Wildman–Crippen MR) is 74.2 cm³/mol. The molecule has 3 nitrogen and oxygen atoms in total. The van der Waals surface area contributed by atoms with Crippen LogP contribution in [0.15, 0.2) is 46.7 Å². The van der Waals surface area contributed by atoms with Crippen molar-refractivity contribution in [3.05, 3.63) is 47.4 Å². The SMILES string of the molecule is Cc1c(Cl)ncnc1Sc1cc2ccccc2[nH]1.